The molecular weight excluding hydrogens is 245 g/mol. The summed E-state index contributed by atoms with van der Waals surface area (Å²) in [5.41, 5.74) is -0.136. The third-order valence-electron chi connectivity index (χ3n) is 4.04. The molecule has 3 nitrogen and oxygen atoms in total. The average molecular weight is 267 g/mol. The Bertz CT molecular complexity index is 428. The van der Waals surface area contributed by atoms with Gasteiger partial charge in [0, 0.05) is 18.7 Å². The van der Waals surface area contributed by atoms with E-state index in [1.54, 1.807) is 12.1 Å². The first kappa shape index (κ1) is 14.3. The number of halogens is 1. The highest BCUT2D eigenvalue weighted by Gasteiger charge is 2.31. The smallest absolute Gasteiger partial charge is 0.165 e. The largest absolute Gasteiger partial charge is 0.505 e. The van der Waals surface area contributed by atoms with Gasteiger partial charge >= 0.3 is 0 Å². The molecular formula is C15H22FNO2. The maximum absolute atomic E-state index is 13.2. The van der Waals surface area contributed by atoms with Crippen LogP contribution in [0.5, 0.6) is 5.75 Å². The van der Waals surface area contributed by atoms with E-state index >= 15 is 0 Å². The van der Waals surface area contributed by atoms with Crippen LogP contribution in [-0.4, -0.2) is 22.4 Å². The van der Waals surface area contributed by atoms with Crippen LogP contribution in [0.3, 0.4) is 0 Å². The standard InChI is InChI=1S/C15H22FNO2/c1-11-5-7-15(19,8-6-11)10-17-9-12-3-2-4-13(16)14(12)18/h2-4,11,17-19H,5-10H2,1H3. The second-order valence-corrected chi connectivity index (χ2v) is 5.76. The van der Waals surface area contributed by atoms with Gasteiger partial charge in [-0.25, -0.2) is 4.39 Å². The van der Waals surface area contributed by atoms with Gasteiger partial charge < -0.3 is 15.5 Å². The normalized spacial score (nSPS) is 27.4. The molecule has 1 saturated carbocycles. The zero-order chi connectivity index (χ0) is 13.9. The minimum atomic E-state index is -0.657. The number of nitrogens with one attached hydrogen (secondary N) is 1. The Morgan fingerprint density at radius 3 is 2.74 bits per heavy atom. The molecule has 19 heavy (non-hydrogen) atoms. The van der Waals surface area contributed by atoms with Crippen LogP contribution in [0.15, 0.2) is 18.2 Å². The topological polar surface area (TPSA) is 52.5 Å². The summed E-state index contributed by atoms with van der Waals surface area (Å²) < 4.78 is 13.2. The molecule has 0 heterocycles. The lowest BCUT2D eigenvalue weighted by Gasteiger charge is -2.35. The van der Waals surface area contributed by atoms with Gasteiger partial charge in [-0.3, -0.25) is 0 Å². The lowest BCUT2D eigenvalue weighted by atomic mass is 9.79. The van der Waals surface area contributed by atoms with Gasteiger partial charge in [0.1, 0.15) is 0 Å². The van der Waals surface area contributed by atoms with Crippen molar-refractivity contribution in [3.05, 3.63) is 29.6 Å². The van der Waals surface area contributed by atoms with Crippen molar-refractivity contribution in [3.63, 3.8) is 0 Å². The summed E-state index contributed by atoms with van der Waals surface area (Å²) in [7, 11) is 0. The second-order valence-electron chi connectivity index (χ2n) is 5.76. The number of benzene rings is 1. The Hall–Kier alpha value is -1.13. The van der Waals surface area contributed by atoms with Gasteiger partial charge in [0.2, 0.25) is 0 Å². The first-order valence-electron chi connectivity index (χ1n) is 6.90. The number of para-hydroxylation sites is 1. The molecule has 106 valence electrons. The van der Waals surface area contributed by atoms with Crippen LogP contribution in [0.2, 0.25) is 0 Å². The fraction of sp³-hybridized carbons (Fsp3) is 0.600. The molecule has 1 aromatic carbocycles. The molecule has 1 fully saturated rings. The van der Waals surface area contributed by atoms with Crippen molar-refractivity contribution in [3.8, 4) is 5.75 Å². The van der Waals surface area contributed by atoms with Crippen LogP contribution in [0.1, 0.15) is 38.2 Å². The maximum Gasteiger partial charge on any atom is 0.165 e. The summed E-state index contributed by atoms with van der Waals surface area (Å²) >= 11 is 0. The van der Waals surface area contributed by atoms with E-state index in [4.69, 9.17) is 0 Å². The highest BCUT2D eigenvalue weighted by molar-refractivity contribution is 5.33. The molecule has 0 radical (unpaired) electrons. The summed E-state index contributed by atoms with van der Waals surface area (Å²) in [4.78, 5) is 0. The van der Waals surface area contributed by atoms with E-state index in [0.717, 1.165) is 25.7 Å². The number of rotatable bonds is 4. The monoisotopic (exact) mass is 267 g/mol. The van der Waals surface area contributed by atoms with Crippen molar-refractivity contribution in [1.82, 2.24) is 5.32 Å². The minimum Gasteiger partial charge on any atom is -0.505 e. The molecule has 0 spiro atoms. The Morgan fingerprint density at radius 2 is 2.05 bits per heavy atom. The summed E-state index contributed by atoms with van der Waals surface area (Å²) in [5, 5.41) is 23.1. The van der Waals surface area contributed by atoms with Crippen LogP contribution < -0.4 is 5.32 Å². The number of hydrogen-bond donors (Lipinski definition) is 3. The van der Waals surface area contributed by atoms with Crippen molar-refractivity contribution < 1.29 is 14.6 Å². The van der Waals surface area contributed by atoms with Gasteiger partial charge in [0.25, 0.3) is 0 Å². The summed E-state index contributed by atoms with van der Waals surface area (Å²) in [5.74, 6) is -0.226. The van der Waals surface area contributed by atoms with Crippen molar-refractivity contribution >= 4 is 0 Å². The maximum atomic E-state index is 13.2. The van der Waals surface area contributed by atoms with Gasteiger partial charge in [-0.1, -0.05) is 19.1 Å². The highest BCUT2D eigenvalue weighted by atomic mass is 19.1. The highest BCUT2D eigenvalue weighted by Crippen LogP contribution is 2.31. The number of phenols is 1. The summed E-state index contributed by atoms with van der Waals surface area (Å²) in [6.07, 6.45) is 3.69. The number of aromatic hydroxyl groups is 1. The third-order valence-corrected chi connectivity index (χ3v) is 4.04. The van der Waals surface area contributed by atoms with Crippen LogP contribution in [0.25, 0.3) is 0 Å². The molecule has 0 aliphatic heterocycles. The fourth-order valence-corrected chi connectivity index (χ4v) is 2.61. The van der Waals surface area contributed by atoms with Gasteiger partial charge in [0.15, 0.2) is 11.6 Å². The van der Waals surface area contributed by atoms with Crippen molar-refractivity contribution in [1.29, 1.82) is 0 Å². The van der Waals surface area contributed by atoms with Crippen molar-refractivity contribution in [2.45, 2.75) is 44.8 Å². The molecule has 0 unspecified atom stereocenters. The Kier molecular flexibility index (Phi) is 4.42. The van der Waals surface area contributed by atoms with Gasteiger partial charge in [-0.15, -0.1) is 0 Å². The van der Waals surface area contributed by atoms with E-state index < -0.39 is 11.4 Å². The van der Waals surface area contributed by atoms with Crippen LogP contribution in [0, 0.1) is 11.7 Å². The van der Waals surface area contributed by atoms with E-state index in [1.165, 1.54) is 6.07 Å². The summed E-state index contributed by atoms with van der Waals surface area (Å²) in [6, 6.07) is 4.48. The van der Waals surface area contributed by atoms with Crippen molar-refractivity contribution in [2.24, 2.45) is 5.92 Å². The Labute approximate surface area is 113 Å². The van der Waals surface area contributed by atoms with Crippen LogP contribution in [-0.2, 0) is 6.54 Å². The predicted octanol–water partition coefficient (Wildman–Crippen LogP) is 2.56. The molecule has 1 aliphatic rings. The lowest BCUT2D eigenvalue weighted by Crippen LogP contribution is -2.43. The molecule has 0 amide bonds. The molecule has 1 aromatic rings. The number of phenolic OH excluding ortho intramolecular Hbond substituents is 1. The quantitative estimate of drug-likeness (QED) is 0.786. The number of aliphatic hydroxyl groups is 1. The zero-order valence-corrected chi connectivity index (χ0v) is 11.3. The SMILES string of the molecule is CC1CCC(O)(CNCc2cccc(F)c2O)CC1. The molecule has 4 heteroatoms. The predicted molar refractivity (Wildman–Crippen MR) is 72.4 cm³/mol. The van der Waals surface area contributed by atoms with E-state index in [9.17, 15) is 14.6 Å². The van der Waals surface area contributed by atoms with E-state index in [0.29, 0.717) is 24.6 Å². The second kappa shape index (κ2) is 5.88. The molecule has 3 N–H and O–H groups in total. The first-order valence-corrected chi connectivity index (χ1v) is 6.90. The van der Waals surface area contributed by atoms with Crippen LogP contribution >= 0.6 is 0 Å². The Balaban J connectivity index is 1.85. The molecule has 0 atom stereocenters. The van der Waals surface area contributed by atoms with Gasteiger partial charge in [0.05, 0.1) is 5.60 Å². The molecule has 0 bridgehead atoms. The molecule has 0 saturated heterocycles. The molecule has 2 rings (SSSR count). The third kappa shape index (κ3) is 3.67. The molecule has 0 aromatic heterocycles. The minimum absolute atomic E-state index is 0.306. The molecule has 1 aliphatic carbocycles. The first-order chi connectivity index (χ1) is 9.00. The zero-order valence-electron chi connectivity index (χ0n) is 11.3. The van der Waals surface area contributed by atoms with Crippen molar-refractivity contribution in [2.75, 3.05) is 6.54 Å². The van der Waals surface area contributed by atoms with Crippen LogP contribution in [0.4, 0.5) is 4.39 Å². The van der Waals surface area contributed by atoms with E-state index in [2.05, 4.69) is 12.2 Å². The van der Waals surface area contributed by atoms with Gasteiger partial charge in [-0.2, -0.15) is 0 Å². The fourth-order valence-electron chi connectivity index (χ4n) is 2.61. The lowest BCUT2D eigenvalue weighted by molar-refractivity contribution is -0.00633. The average Bonchev–Trinajstić information content (AvgIpc) is 2.39. The Morgan fingerprint density at radius 1 is 1.37 bits per heavy atom. The van der Waals surface area contributed by atoms with E-state index in [-0.39, 0.29) is 5.75 Å². The van der Waals surface area contributed by atoms with Gasteiger partial charge in [-0.05, 0) is 37.7 Å². The summed E-state index contributed by atoms with van der Waals surface area (Å²) in [6.45, 7) is 3.05. The number of hydrogen-bond acceptors (Lipinski definition) is 3. The van der Waals surface area contributed by atoms with E-state index in [1.807, 2.05) is 0 Å².